The highest BCUT2D eigenvalue weighted by Gasteiger charge is 2.13. The maximum Gasteiger partial charge on any atom is 0.230 e. The maximum atomic E-state index is 12.2. The number of rotatable bonds is 4. The third-order valence-electron chi connectivity index (χ3n) is 3.38. The van der Waals surface area contributed by atoms with E-state index in [0.29, 0.717) is 22.8 Å². The molecule has 0 atom stereocenters. The molecule has 0 radical (unpaired) electrons. The van der Waals surface area contributed by atoms with Gasteiger partial charge in [-0.3, -0.25) is 9.59 Å². The van der Waals surface area contributed by atoms with Crippen LogP contribution in [0.15, 0.2) is 41.1 Å². The average Bonchev–Trinajstić information content (AvgIpc) is 2.91. The molecule has 0 aliphatic carbocycles. The molecule has 2 N–H and O–H groups in total. The predicted molar refractivity (Wildman–Crippen MR) is 89.6 cm³/mol. The van der Waals surface area contributed by atoms with Crippen molar-refractivity contribution in [1.29, 1.82) is 0 Å². The van der Waals surface area contributed by atoms with E-state index in [1.807, 2.05) is 25.1 Å². The Bertz CT molecular complexity index is 900. The number of hydrogen-bond acceptors (Lipinski definition) is 5. The van der Waals surface area contributed by atoms with Crippen molar-refractivity contribution in [2.24, 2.45) is 0 Å². The number of amides is 2. The van der Waals surface area contributed by atoms with Crippen molar-refractivity contribution in [3.63, 3.8) is 0 Å². The second kappa shape index (κ2) is 6.49. The zero-order chi connectivity index (χ0) is 17.1. The number of pyridine rings is 1. The van der Waals surface area contributed by atoms with Crippen LogP contribution >= 0.6 is 0 Å². The molecule has 0 unspecified atom stereocenters. The lowest BCUT2D eigenvalue weighted by Crippen LogP contribution is -2.15. The van der Waals surface area contributed by atoms with Crippen LogP contribution in [0.1, 0.15) is 18.2 Å². The van der Waals surface area contributed by atoms with E-state index >= 15 is 0 Å². The molecule has 0 aliphatic heterocycles. The predicted octanol–water partition coefficient (Wildman–Crippen LogP) is 2.67. The highest BCUT2D eigenvalue weighted by atomic mass is 16.5. The van der Waals surface area contributed by atoms with E-state index in [-0.39, 0.29) is 18.2 Å². The first-order valence-corrected chi connectivity index (χ1v) is 7.39. The third-order valence-corrected chi connectivity index (χ3v) is 3.38. The van der Waals surface area contributed by atoms with Crippen molar-refractivity contribution in [3.8, 4) is 0 Å². The number of hydrogen-bond donors (Lipinski definition) is 2. The molecule has 0 saturated carbocycles. The summed E-state index contributed by atoms with van der Waals surface area (Å²) in [4.78, 5) is 27.2. The lowest BCUT2D eigenvalue weighted by atomic mass is 10.1. The molecule has 0 spiro atoms. The van der Waals surface area contributed by atoms with E-state index in [1.165, 1.54) is 13.1 Å². The second-order valence-electron chi connectivity index (χ2n) is 5.47. The largest absolute Gasteiger partial charge is 0.356 e. The topological polar surface area (TPSA) is 97.1 Å². The number of aryl methyl sites for hydroxylation is 1. The molecule has 2 aromatic heterocycles. The summed E-state index contributed by atoms with van der Waals surface area (Å²) in [5.41, 5.74) is 2.86. The first-order valence-electron chi connectivity index (χ1n) is 7.39. The van der Waals surface area contributed by atoms with Crippen LogP contribution in [0, 0.1) is 6.92 Å². The van der Waals surface area contributed by atoms with Gasteiger partial charge in [-0.25, -0.2) is 4.98 Å². The van der Waals surface area contributed by atoms with E-state index in [1.54, 1.807) is 12.1 Å². The second-order valence-corrected chi connectivity index (χ2v) is 5.47. The highest BCUT2D eigenvalue weighted by molar-refractivity contribution is 5.95. The van der Waals surface area contributed by atoms with Gasteiger partial charge in [0.15, 0.2) is 5.58 Å². The van der Waals surface area contributed by atoms with E-state index in [4.69, 9.17) is 4.52 Å². The summed E-state index contributed by atoms with van der Waals surface area (Å²) in [6, 6.07) is 8.99. The van der Waals surface area contributed by atoms with Gasteiger partial charge in [0, 0.05) is 12.3 Å². The Labute approximate surface area is 138 Å². The third kappa shape index (κ3) is 3.57. The van der Waals surface area contributed by atoms with Gasteiger partial charge < -0.3 is 15.2 Å². The highest BCUT2D eigenvalue weighted by Crippen LogP contribution is 2.20. The van der Waals surface area contributed by atoms with Gasteiger partial charge >= 0.3 is 0 Å². The van der Waals surface area contributed by atoms with E-state index in [2.05, 4.69) is 20.8 Å². The Hall–Kier alpha value is -3.22. The lowest BCUT2D eigenvalue weighted by Gasteiger charge is -2.05. The number of benzene rings is 1. The maximum absolute atomic E-state index is 12.2. The van der Waals surface area contributed by atoms with Gasteiger partial charge in [-0.05, 0) is 31.2 Å². The number of aromatic nitrogens is 2. The van der Waals surface area contributed by atoms with Crippen LogP contribution in [0.4, 0.5) is 11.5 Å². The molecule has 122 valence electrons. The Balaban J connectivity index is 1.68. The summed E-state index contributed by atoms with van der Waals surface area (Å²) in [5, 5.41) is 10.1. The van der Waals surface area contributed by atoms with Gasteiger partial charge in [0.05, 0.1) is 18.3 Å². The first kappa shape index (κ1) is 15.7. The van der Waals surface area contributed by atoms with Crippen molar-refractivity contribution in [1.82, 2.24) is 10.1 Å². The zero-order valence-electron chi connectivity index (χ0n) is 13.3. The fraction of sp³-hybridized carbons (Fsp3) is 0.176. The molecule has 1 aromatic carbocycles. The van der Waals surface area contributed by atoms with Crippen LogP contribution in [0.25, 0.3) is 11.0 Å². The molecule has 0 bridgehead atoms. The molecule has 0 saturated heterocycles. The standard InChI is InChI=1S/C17H16N4O3/c1-10-3-5-15-13(7-10)14(21-24-15)8-17(23)20-12-4-6-16(18-9-12)19-11(2)22/h3-7,9H,8H2,1-2H3,(H,20,23)(H,18,19,22). The number of anilines is 2. The van der Waals surface area contributed by atoms with Gasteiger partial charge in [-0.15, -0.1) is 0 Å². The molecule has 3 rings (SSSR count). The molecular weight excluding hydrogens is 308 g/mol. The van der Waals surface area contributed by atoms with E-state index in [9.17, 15) is 9.59 Å². The van der Waals surface area contributed by atoms with Crippen LogP contribution in [0.3, 0.4) is 0 Å². The molecule has 24 heavy (non-hydrogen) atoms. The van der Waals surface area contributed by atoms with Crippen molar-refractivity contribution in [3.05, 3.63) is 47.8 Å². The van der Waals surface area contributed by atoms with Crippen LogP contribution in [-0.4, -0.2) is 22.0 Å². The van der Waals surface area contributed by atoms with Gasteiger partial charge in [-0.2, -0.15) is 0 Å². The fourth-order valence-electron chi connectivity index (χ4n) is 2.31. The molecule has 2 amide bonds. The normalized spacial score (nSPS) is 10.6. The SMILES string of the molecule is CC(=O)Nc1ccc(NC(=O)Cc2noc3ccc(C)cc23)cn1. The molecule has 3 aromatic rings. The first-order chi connectivity index (χ1) is 11.5. The Morgan fingerprint density at radius 2 is 2.00 bits per heavy atom. The summed E-state index contributed by atoms with van der Waals surface area (Å²) >= 11 is 0. The summed E-state index contributed by atoms with van der Waals surface area (Å²) in [6.07, 6.45) is 1.58. The van der Waals surface area contributed by atoms with Crippen LogP contribution in [-0.2, 0) is 16.0 Å². The Morgan fingerprint density at radius 1 is 1.17 bits per heavy atom. The minimum absolute atomic E-state index is 0.101. The van der Waals surface area contributed by atoms with Crippen molar-refractivity contribution in [2.75, 3.05) is 10.6 Å². The average molecular weight is 324 g/mol. The van der Waals surface area contributed by atoms with Crippen LogP contribution < -0.4 is 10.6 Å². The van der Waals surface area contributed by atoms with Crippen molar-refractivity contribution >= 4 is 34.3 Å². The minimum Gasteiger partial charge on any atom is -0.356 e. The Kier molecular flexibility index (Phi) is 4.24. The van der Waals surface area contributed by atoms with E-state index in [0.717, 1.165) is 10.9 Å². The number of carbonyl (C=O) groups is 2. The monoisotopic (exact) mass is 324 g/mol. The zero-order valence-corrected chi connectivity index (χ0v) is 13.3. The van der Waals surface area contributed by atoms with Crippen LogP contribution in [0.5, 0.6) is 0 Å². The van der Waals surface area contributed by atoms with Gasteiger partial charge in [-0.1, -0.05) is 16.8 Å². The number of carbonyl (C=O) groups excluding carboxylic acids is 2. The lowest BCUT2D eigenvalue weighted by molar-refractivity contribution is -0.116. The quantitative estimate of drug-likeness (QED) is 0.769. The molecule has 2 heterocycles. The molecule has 0 aliphatic rings. The molecule has 0 fully saturated rings. The van der Waals surface area contributed by atoms with Gasteiger partial charge in [0.2, 0.25) is 11.8 Å². The number of fused-ring (bicyclic) bond motifs is 1. The van der Waals surface area contributed by atoms with Crippen LogP contribution in [0.2, 0.25) is 0 Å². The van der Waals surface area contributed by atoms with Gasteiger partial charge in [0.1, 0.15) is 11.5 Å². The molecule has 7 heteroatoms. The minimum atomic E-state index is -0.221. The number of nitrogens with one attached hydrogen (secondary N) is 2. The molecule has 7 nitrogen and oxygen atoms in total. The van der Waals surface area contributed by atoms with Crippen molar-refractivity contribution < 1.29 is 14.1 Å². The fourth-order valence-corrected chi connectivity index (χ4v) is 2.31. The summed E-state index contributed by atoms with van der Waals surface area (Å²) < 4.78 is 5.23. The Morgan fingerprint density at radius 3 is 2.71 bits per heavy atom. The van der Waals surface area contributed by atoms with Gasteiger partial charge in [0.25, 0.3) is 0 Å². The number of nitrogens with zero attached hydrogens (tertiary/aromatic N) is 2. The van der Waals surface area contributed by atoms with E-state index < -0.39 is 0 Å². The summed E-state index contributed by atoms with van der Waals surface area (Å²) in [5.74, 6) is 0.00624. The van der Waals surface area contributed by atoms with Crippen molar-refractivity contribution in [2.45, 2.75) is 20.3 Å². The smallest absolute Gasteiger partial charge is 0.230 e. The summed E-state index contributed by atoms with van der Waals surface area (Å²) in [6.45, 7) is 3.37. The summed E-state index contributed by atoms with van der Waals surface area (Å²) in [7, 11) is 0. The molecular formula is C17H16N4O3.